The van der Waals surface area contributed by atoms with E-state index in [2.05, 4.69) is 9.97 Å². The van der Waals surface area contributed by atoms with Gasteiger partial charge >= 0.3 is 6.03 Å². The van der Waals surface area contributed by atoms with Gasteiger partial charge in [-0.15, -0.1) is 0 Å². The molecule has 0 saturated carbocycles. The van der Waals surface area contributed by atoms with E-state index >= 15 is 0 Å². The molecule has 1 atom stereocenters. The number of aromatic nitrogens is 2. The van der Waals surface area contributed by atoms with Gasteiger partial charge in [-0.2, -0.15) is 0 Å². The van der Waals surface area contributed by atoms with Gasteiger partial charge in [0, 0.05) is 12.7 Å². The first-order chi connectivity index (χ1) is 11.2. The maximum Gasteiger partial charge on any atom is 0.332 e. The van der Waals surface area contributed by atoms with E-state index < -0.39 is 6.04 Å². The van der Waals surface area contributed by atoms with Gasteiger partial charge in [0.2, 0.25) is 0 Å². The molecular weight excluding hydrogens is 292 g/mol. The van der Waals surface area contributed by atoms with Crippen LogP contribution in [-0.4, -0.2) is 33.9 Å². The zero-order valence-electron chi connectivity index (χ0n) is 12.4. The standard InChI is InChI=1S/C17H14N4O2/c1-20-16(22)15(11-5-3-2-4-6-11)21(17(20)23)12-7-8-13-14(9-12)19-10-18-13/h2-10,15H,1H3,(H,18,19). The zero-order chi connectivity index (χ0) is 16.0. The van der Waals surface area contributed by atoms with Crippen LogP contribution in [0.4, 0.5) is 10.5 Å². The van der Waals surface area contributed by atoms with Gasteiger partial charge in [-0.3, -0.25) is 14.6 Å². The molecule has 2 heterocycles. The van der Waals surface area contributed by atoms with Crippen molar-refractivity contribution in [3.8, 4) is 0 Å². The minimum atomic E-state index is -0.648. The number of likely N-dealkylation sites (N-methyl/N-ethyl adjacent to an activating group) is 1. The Labute approximate surface area is 132 Å². The van der Waals surface area contributed by atoms with Crippen molar-refractivity contribution in [1.82, 2.24) is 14.9 Å². The largest absolute Gasteiger partial charge is 0.345 e. The van der Waals surface area contributed by atoms with Gasteiger partial charge in [-0.1, -0.05) is 30.3 Å². The average Bonchev–Trinajstić information content (AvgIpc) is 3.13. The zero-order valence-corrected chi connectivity index (χ0v) is 12.4. The number of rotatable bonds is 2. The van der Waals surface area contributed by atoms with E-state index in [9.17, 15) is 9.59 Å². The Morgan fingerprint density at radius 2 is 1.87 bits per heavy atom. The van der Waals surface area contributed by atoms with Gasteiger partial charge in [0.25, 0.3) is 5.91 Å². The molecule has 0 spiro atoms. The summed E-state index contributed by atoms with van der Waals surface area (Å²) in [5.74, 6) is -0.233. The van der Waals surface area contributed by atoms with Crippen LogP contribution in [0.15, 0.2) is 54.9 Å². The number of nitrogens with one attached hydrogen (secondary N) is 1. The molecule has 1 fully saturated rings. The van der Waals surface area contributed by atoms with Crippen LogP contribution in [0, 0.1) is 0 Å². The molecule has 6 heteroatoms. The Balaban J connectivity index is 1.86. The highest BCUT2D eigenvalue weighted by atomic mass is 16.2. The van der Waals surface area contributed by atoms with E-state index in [4.69, 9.17) is 0 Å². The number of imidazole rings is 1. The summed E-state index contributed by atoms with van der Waals surface area (Å²) in [5.41, 5.74) is 3.08. The Hall–Kier alpha value is -3.15. The summed E-state index contributed by atoms with van der Waals surface area (Å²) in [7, 11) is 1.51. The molecule has 2 aromatic carbocycles. The number of carbonyl (C=O) groups is 2. The number of aromatic amines is 1. The van der Waals surface area contributed by atoms with E-state index in [0.717, 1.165) is 21.5 Å². The molecule has 0 aliphatic carbocycles. The summed E-state index contributed by atoms with van der Waals surface area (Å²) in [4.78, 5) is 35.0. The second kappa shape index (κ2) is 4.95. The Bertz CT molecular complexity index is 903. The fraction of sp³-hybridized carbons (Fsp3) is 0.118. The minimum Gasteiger partial charge on any atom is -0.345 e. The van der Waals surface area contributed by atoms with Crippen molar-refractivity contribution in [3.63, 3.8) is 0 Å². The normalized spacial score (nSPS) is 18.2. The third kappa shape index (κ3) is 1.99. The molecule has 4 rings (SSSR count). The predicted molar refractivity (Wildman–Crippen MR) is 85.9 cm³/mol. The van der Waals surface area contributed by atoms with Crippen LogP contribution in [0.1, 0.15) is 11.6 Å². The lowest BCUT2D eigenvalue weighted by Crippen LogP contribution is -2.30. The number of fused-ring (bicyclic) bond motifs is 1. The summed E-state index contributed by atoms with van der Waals surface area (Å²) >= 11 is 0. The predicted octanol–water partition coefficient (Wildman–Crippen LogP) is 2.70. The number of imide groups is 1. The number of urea groups is 1. The molecule has 1 aliphatic rings. The summed E-state index contributed by atoms with van der Waals surface area (Å²) in [6.45, 7) is 0. The lowest BCUT2D eigenvalue weighted by atomic mass is 10.1. The van der Waals surface area contributed by atoms with Gasteiger partial charge < -0.3 is 4.98 Å². The van der Waals surface area contributed by atoms with Crippen LogP contribution < -0.4 is 4.90 Å². The first kappa shape index (κ1) is 13.5. The molecule has 0 bridgehead atoms. The van der Waals surface area contributed by atoms with E-state index in [1.165, 1.54) is 11.9 Å². The number of benzene rings is 2. The lowest BCUT2D eigenvalue weighted by molar-refractivity contribution is -0.126. The number of carbonyl (C=O) groups excluding carboxylic acids is 2. The smallest absolute Gasteiger partial charge is 0.332 e. The topological polar surface area (TPSA) is 69.3 Å². The monoisotopic (exact) mass is 306 g/mol. The van der Waals surface area contributed by atoms with Gasteiger partial charge in [-0.25, -0.2) is 9.78 Å². The maximum absolute atomic E-state index is 12.6. The van der Waals surface area contributed by atoms with Crippen LogP contribution in [0.5, 0.6) is 0 Å². The fourth-order valence-corrected chi connectivity index (χ4v) is 2.92. The van der Waals surface area contributed by atoms with Crippen molar-refractivity contribution in [2.24, 2.45) is 0 Å². The first-order valence-corrected chi connectivity index (χ1v) is 7.25. The van der Waals surface area contributed by atoms with Crippen LogP contribution >= 0.6 is 0 Å². The van der Waals surface area contributed by atoms with Crippen LogP contribution in [0.25, 0.3) is 11.0 Å². The molecule has 1 aromatic heterocycles. The summed E-state index contributed by atoms with van der Waals surface area (Å²) in [6.07, 6.45) is 1.60. The average molecular weight is 306 g/mol. The third-order valence-corrected chi connectivity index (χ3v) is 4.11. The number of anilines is 1. The molecule has 6 nitrogen and oxygen atoms in total. The molecule has 1 unspecified atom stereocenters. The van der Waals surface area contributed by atoms with Crippen molar-refractivity contribution in [3.05, 3.63) is 60.4 Å². The highest BCUT2D eigenvalue weighted by Crippen LogP contribution is 2.35. The van der Waals surface area contributed by atoms with Crippen LogP contribution in [0.3, 0.4) is 0 Å². The quantitative estimate of drug-likeness (QED) is 0.740. The van der Waals surface area contributed by atoms with E-state index in [-0.39, 0.29) is 11.9 Å². The molecule has 0 radical (unpaired) electrons. The van der Waals surface area contributed by atoms with E-state index in [0.29, 0.717) is 5.69 Å². The van der Waals surface area contributed by atoms with Crippen molar-refractivity contribution in [2.45, 2.75) is 6.04 Å². The molecule has 3 amide bonds. The Morgan fingerprint density at radius 3 is 2.65 bits per heavy atom. The number of H-pyrrole nitrogens is 1. The van der Waals surface area contributed by atoms with Crippen LogP contribution in [-0.2, 0) is 4.79 Å². The van der Waals surface area contributed by atoms with Gasteiger partial charge in [0.15, 0.2) is 0 Å². The SMILES string of the molecule is CN1C(=O)C(c2ccccc2)N(c2ccc3[nH]cnc3c2)C1=O. The molecule has 23 heavy (non-hydrogen) atoms. The highest BCUT2D eigenvalue weighted by molar-refractivity contribution is 6.14. The summed E-state index contributed by atoms with van der Waals surface area (Å²) in [6, 6.07) is 13.8. The molecule has 3 aromatic rings. The van der Waals surface area contributed by atoms with Gasteiger partial charge in [-0.05, 0) is 23.8 Å². The van der Waals surface area contributed by atoms with Gasteiger partial charge in [0.05, 0.1) is 17.4 Å². The lowest BCUT2D eigenvalue weighted by Gasteiger charge is -2.22. The highest BCUT2D eigenvalue weighted by Gasteiger charge is 2.44. The van der Waals surface area contributed by atoms with Crippen molar-refractivity contribution in [1.29, 1.82) is 0 Å². The second-order valence-corrected chi connectivity index (χ2v) is 5.47. The number of nitrogens with zero attached hydrogens (tertiary/aromatic N) is 3. The molecule has 114 valence electrons. The van der Waals surface area contributed by atoms with Crippen LogP contribution in [0.2, 0.25) is 0 Å². The molecular formula is C17H14N4O2. The fourth-order valence-electron chi connectivity index (χ4n) is 2.92. The number of hydrogen-bond acceptors (Lipinski definition) is 3. The Kier molecular flexibility index (Phi) is 2.90. The number of hydrogen-bond donors (Lipinski definition) is 1. The summed E-state index contributed by atoms with van der Waals surface area (Å²) < 4.78 is 0. The van der Waals surface area contributed by atoms with Crippen molar-refractivity contribution in [2.75, 3.05) is 11.9 Å². The first-order valence-electron chi connectivity index (χ1n) is 7.25. The van der Waals surface area contributed by atoms with E-state index in [1.807, 2.05) is 48.5 Å². The Morgan fingerprint density at radius 1 is 1.09 bits per heavy atom. The number of amides is 3. The van der Waals surface area contributed by atoms with Gasteiger partial charge in [0.1, 0.15) is 6.04 Å². The van der Waals surface area contributed by atoms with Crippen molar-refractivity contribution >= 4 is 28.7 Å². The molecule has 1 saturated heterocycles. The third-order valence-electron chi connectivity index (χ3n) is 4.11. The maximum atomic E-state index is 12.6. The van der Waals surface area contributed by atoms with E-state index in [1.54, 1.807) is 6.33 Å². The minimum absolute atomic E-state index is 0.233. The molecule has 1 aliphatic heterocycles. The van der Waals surface area contributed by atoms with Crippen molar-refractivity contribution < 1.29 is 9.59 Å². The second-order valence-electron chi connectivity index (χ2n) is 5.47. The molecule has 1 N–H and O–H groups in total. The summed E-state index contributed by atoms with van der Waals surface area (Å²) in [5, 5.41) is 0.